The van der Waals surface area contributed by atoms with Crippen LogP contribution < -0.4 is 10.1 Å². The monoisotopic (exact) mass is 428 g/mol. The summed E-state index contributed by atoms with van der Waals surface area (Å²) in [5, 5.41) is 3.54. The van der Waals surface area contributed by atoms with E-state index in [0.29, 0.717) is 17.3 Å². The molecule has 0 aliphatic heterocycles. The lowest BCUT2D eigenvalue weighted by Crippen LogP contribution is -2.50. The van der Waals surface area contributed by atoms with Crippen LogP contribution in [0.4, 0.5) is 0 Å². The Morgan fingerprint density at radius 3 is 2.47 bits per heavy atom. The molecule has 1 fully saturated rings. The van der Waals surface area contributed by atoms with Crippen LogP contribution in [0.5, 0.6) is 5.75 Å². The van der Waals surface area contributed by atoms with E-state index in [1.54, 1.807) is 36.1 Å². The van der Waals surface area contributed by atoms with Gasteiger partial charge in [0.2, 0.25) is 5.91 Å². The summed E-state index contributed by atoms with van der Waals surface area (Å²) in [7, 11) is 0. The molecule has 3 rings (SSSR count). The van der Waals surface area contributed by atoms with Gasteiger partial charge in [0, 0.05) is 12.6 Å². The second-order valence-corrected chi connectivity index (χ2v) is 8.30. The molecule has 2 aromatic carbocycles. The first kappa shape index (κ1) is 22.2. The number of para-hydroxylation sites is 1. The molecular weight excluding hydrogens is 400 g/mol. The SMILES string of the molecule is Cc1ccc(CN(C(=O)COc2ccccc2Cl)[C@H](C)C(=O)NC2CCCC2)cc1. The molecule has 160 valence electrons. The molecule has 1 N–H and O–H groups in total. The largest absolute Gasteiger partial charge is 0.482 e. The van der Waals surface area contributed by atoms with Gasteiger partial charge in [0.15, 0.2) is 6.61 Å². The summed E-state index contributed by atoms with van der Waals surface area (Å²) in [6.07, 6.45) is 4.27. The predicted octanol–water partition coefficient (Wildman–Crippen LogP) is 4.50. The number of carbonyl (C=O) groups is 2. The van der Waals surface area contributed by atoms with E-state index in [9.17, 15) is 9.59 Å². The van der Waals surface area contributed by atoms with Gasteiger partial charge in [0.1, 0.15) is 11.8 Å². The van der Waals surface area contributed by atoms with Crippen LogP contribution in [0.25, 0.3) is 0 Å². The lowest BCUT2D eigenvalue weighted by Gasteiger charge is -2.29. The molecule has 5 nitrogen and oxygen atoms in total. The zero-order valence-electron chi connectivity index (χ0n) is 17.6. The van der Waals surface area contributed by atoms with Crippen molar-refractivity contribution in [1.29, 1.82) is 0 Å². The summed E-state index contributed by atoms with van der Waals surface area (Å²) in [5.41, 5.74) is 2.11. The van der Waals surface area contributed by atoms with Crippen molar-refractivity contribution in [1.82, 2.24) is 10.2 Å². The summed E-state index contributed by atoms with van der Waals surface area (Å²) < 4.78 is 5.64. The van der Waals surface area contributed by atoms with Crippen molar-refractivity contribution in [3.05, 3.63) is 64.7 Å². The Bertz CT molecular complexity index is 863. The normalized spacial score (nSPS) is 14.9. The van der Waals surface area contributed by atoms with E-state index in [1.807, 2.05) is 31.2 Å². The minimum atomic E-state index is -0.603. The second kappa shape index (κ2) is 10.5. The Labute approximate surface area is 183 Å². The summed E-state index contributed by atoms with van der Waals surface area (Å²) in [5.74, 6) is 0.0653. The van der Waals surface area contributed by atoms with Crippen LogP contribution in [0, 0.1) is 6.92 Å². The number of ether oxygens (including phenoxy) is 1. The fourth-order valence-electron chi connectivity index (χ4n) is 3.65. The van der Waals surface area contributed by atoms with E-state index in [4.69, 9.17) is 16.3 Å². The highest BCUT2D eigenvalue weighted by molar-refractivity contribution is 6.32. The van der Waals surface area contributed by atoms with Crippen LogP contribution in [0.3, 0.4) is 0 Å². The van der Waals surface area contributed by atoms with Gasteiger partial charge in [-0.15, -0.1) is 0 Å². The quantitative estimate of drug-likeness (QED) is 0.673. The number of rotatable bonds is 8. The fourth-order valence-corrected chi connectivity index (χ4v) is 3.84. The molecule has 2 amide bonds. The van der Waals surface area contributed by atoms with Gasteiger partial charge in [0.05, 0.1) is 5.02 Å². The van der Waals surface area contributed by atoms with E-state index in [2.05, 4.69) is 5.32 Å². The Morgan fingerprint density at radius 1 is 1.13 bits per heavy atom. The van der Waals surface area contributed by atoms with Crippen molar-refractivity contribution < 1.29 is 14.3 Å². The molecule has 0 unspecified atom stereocenters. The minimum Gasteiger partial charge on any atom is -0.482 e. The van der Waals surface area contributed by atoms with Gasteiger partial charge < -0.3 is 15.0 Å². The van der Waals surface area contributed by atoms with E-state index in [-0.39, 0.29) is 24.5 Å². The second-order valence-electron chi connectivity index (χ2n) is 7.89. The van der Waals surface area contributed by atoms with Gasteiger partial charge in [-0.2, -0.15) is 0 Å². The van der Waals surface area contributed by atoms with E-state index < -0.39 is 6.04 Å². The minimum absolute atomic E-state index is 0.125. The van der Waals surface area contributed by atoms with Crippen LogP contribution in [0.2, 0.25) is 5.02 Å². The Kier molecular flexibility index (Phi) is 7.75. The average molecular weight is 429 g/mol. The number of nitrogens with one attached hydrogen (secondary N) is 1. The first-order chi connectivity index (χ1) is 14.4. The summed E-state index contributed by atoms with van der Waals surface area (Å²) in [4.78, 5) is 27.5. The first-order valence-electron chi connectivity index (χ1n) is 10.5. The molecule has 2 aromatic rings. The molecule has 0 spiro atoms. The number of amides is 2. The number of halogens is 1. The third kappa shape index (κ3) is 5.99. The van der Waals surface area contributed by atoms with Crippen molar-refractivity contribution in [2.24, 2.45) is 0 Å². The van der Waals surface area contributed by atoms with E-state index >= 15 is 0 Å². The maximum Gasteiger partial charge on any atom is 0.261 e. The standard InChI is InChI=1S/C24H29ClN2O3/c1-17-11-13-19(14-12-17)15-27(18(2)24(29)26-20-7-3-4-8-20)23(28)16-30-22-10-6-5-9-21(22)25/h5-6,9-14,18,20H,3-4,7-8,15-16H2,1-2H3,(H,26,29)/t18-/m1/s1. The van der Waals surface area contributed by atoms with Crippen LogP contribution in [-0.4, -0.2) is 35.4 Å². The molecule has 0 radical (unpaired) electrons. The van der Waals surface area contributed by atoms with Crippen molar-refractivity contribution in [2.75, 3.05) is 6.61 Å². The topological polar surface area (TPSA) is 58.6 Å². The maximum absolute atomic E-state index is 13.1. The van der Waals surface area contributed by atoms with Crippen LogP contribution in [0.1, 0.15) is 43.7 Å². The molecule has 0 heterocycles. The average Bonchev–Trinajstić information content (AvgIpc) is 3.25. The Morgan fingerprint density at radius 2 is 1.80 bits per heavy atom. The lowest BCUT2D eigenvalue weighted by atomic mass is 10.1. The third-order valence-electron chi connectivity index (χ3n) is 5.53. The molecule has 1 aliphatic carbocycles. The lowest BCUT2D eigenvalue weighted by molar-refractivity contribution is -0.142. The third-order valence-corrected chi connectivity index (χ3v) is 5.84. The number of aryl methyl sites for hydroxylation is 1. The molecule has 0 bridgehead atoms. The highest BCUT2D eigenvalue weighted by Gasteiger charge is 2.28. The predicted molar refractivity (Wildman–Crippen MR) is 119 cm³/mol. The van der Waals surface area contributed by atoms with Crippen molar-refractivity contribution in [3.8, 4) is 5.75 Å². The molecule has 0 aromatic heterocycles. The molecule has 1 aliphatic rings. The molecule has 30 heavy (non-hydrogen) atoms. The summed E-state index contributed by atoms with van der Waals surface area (Å²) >= 11 is 6.13. The van der Waals surface area contributed by atoms with E-state index in [1.165, 1.54) is 0 Å². The number of benzene rings is 2. The van der Waals surface area contributed by atoms with Crippen LogP contribution >= 0.6 is 11.6 Å². The van der Waals surface area contributed by atoms with Crippen LogP contribution in [0.15, 0.2) is 48.5 Å². The summed E-state index contributed by atoms with van der Waals surface area (Å²) in [6.45, 7) is 3.94. The zero-order chi connectivity index (χ0) is 21.5. The van der Waals surface area contributed by atoms with Crippen molar-refractivity contribution >= 4 is 23.4 Å². The van der Waals surface area contributed by atoms with Crippen molar-refractivity contribution in [3.63, 3.8) is 0 Å². The van der Waals surface area contributed by atoms with Gasteiger partial charge in [-0.1, -0.05) is 66.4 Å². The van der Waals surface area contributed by atoms with Gasteiger partial charge in [-0.05, 0) is 44.4 Å². The Hall–Kier alpha value is -2.53. The van der Waals surface area contributed by atoms with Crippen LogP contribution in [-0.2, 0) is 16.1 Å². The highest BCUT2D eigenvalue weighted by atomic mass is 35.5. The van der Waals surface area contributed by atoms with Gasteiger partial charge in [0.25, 0.3) is 5.91 Å². The number of hydrogen-bond donors (Lipinski definition) is 1. The first-order valence-corrected chi connectivity index (χ1v) is 10.8. The molecular formula is C24H29ClN2O3. The zero-order valence-corrected chi connectivity index (χ0v) is 18.3. The smallest absolute Gasteiger partial charge is 0.261 e. The maximum atomic E-state index is 13.1. The van der Waals surface area contributed by atoms with Crippen molar-refractivity contribution in [2.45, 2.75) is 58.2 Å². The molecule has 1 atom stereocenters. The number of nitrogens with zero attached hydrogens (tertiary/aromatic N) is 1. The van der Waals surface area contributed by atoms with Gasteiger partial charge in [-0.3, -0.25) is 9.59 Å². The van der Waals surface area contributed by atoms with E-state index in [0.717, 1.165) is 36.8 Å². The fraction of sp³-hybridized carbons (Fsp3) is 0.417. The highest BCUT2D eigenvalue weighted by Crippen LogP contribution is 2.23. The molecule has 6 heteroatoms. The van der Waals surface area contributed by atoms with Gasteiger partial charge >= 0.3 is 0 Å². The molecule has 1 saturated carbocycles. The summed E-state index contributed by atoms with van der Waals surface area (Å²) in [6, 6.07) is 14.6. The number of carbonyl (C=O) groups excluding carboxylic acids is 2. The number of hydrogen-bond acceptors (Lipinski definition) is 3. The Balaban J connectivity index is 1.71. The molecule has 0 saturated heterocycles. The van der Waals surface area contributed by atoms with Gasteiger partial charge in [-0.25, -0.2) is 0 Å².